The topological polar surface area (TPSA) is 55.4 Å². The molecule has 25 heavy (non-hydrogen) atoms. The van der Waals surface area contributed by atoms with Crippen LogP contribution in [0.5, 0.6) is 0 Å². The molecule has 1 aliphatic carbocycles. The molecule has 0 saturated heterocycles. The number of hydrogen-bond donors (Lipinski definition) is 1. The van der Waals surface area contributed by atoms with Crippen LogP contribution in [0.15, 0.2) is 36.4 Å². The van der Waals surface area contributed by atoms with E-state index >= 15 is 0 Å². The van der Waals surface area contributed by atoms with Crippen LogP contribution in [-0.4, -0.2) is 18.0 Å². The Labute approximate surface area is 143 Å². The van der Waals surface area contributed by atoms with Gasteiger partial charge < -0.3 is 10.1 Å². The van der Waals surface area contributed by atoms with Gasteiger partial charge in [0.15, 0.2) is 6.10 Å². The molecule has 0 spiro atoms. The number of ether oxygens (including phenoxy) is 1. The summed E-state index contributed by atoms with van der Waals surface area (Å²) in [6.45, 7) is 1.39. The highest BCUT2D eigenvalue weighted by Gasteiger charge is 2.21. The van der Waals surface area contributed by atoms with E-state index in [-0.39, 0.29) is 5.69 Å². The summed E-state index contributed by atoms with van der Waals surface area (Å²) >= 11 is 0. The van der Waals surface area contributed by atoms with Gasteiger partial charge >= 0.3 is 5.97 Å². The molecule has 0 heterocycles. The van der Waals surface area contributed by atoms with Crippen LogP contribution < -0.4 is 5.32 Å². The number of amides is 1. The lowest BCUT2D eigenvalue weighted by atomic mass is 10.1. The molecular formula is C19H17F2NO3. The number of carbonyl (C=O) groups is 2. The maximum atomic E-state index is 13.6. The molecule has 0 fully saturated rings. The van der Waals surface area contributed by atoms with Crippen molar-refractivity contribution in [1.29, 1.82) is 0 Å². The molecule has 0 aliphatic heterocycles. The first-order valence-electron chi connectivity index (χ1n) is 8.03. The van der Waals surface area contributed by atoms with Crippen molar-refractivity contribution >= 4 is 17.6 Å². The standard InChI is InChI=1S/C19H17F2NO3/c1-11(18(23)22-17-8-7-15(20)10-16(17)21)25-19(24)14-6-5-12-3-2-4-13(12)9-14/h5-11H,2-4H2,1H3,(H,22,23). The second-order valence-corrected chi connectivity index (χ2v) is 6.00. The van der Waals surface area contributed by atoms with Gasteiger partial charge in [-0.1, -0.05) is 6.07 Å². The van der Waals surface area contributed by atoms with Gasteiger partial charge in [0.25, 0.3) is 5.91 Å². The van der Waals surface area contributed by atoms with Gasteiger partial charge in [-0.15, -0.1) is 0 Å². The van der Waals surface area contributed by atoms with Crippen molar-refractivity contribution < 1.29 is 23.1 Å². The number of hydrogen-bond acceptors (Lipinski definition) is 3. The lowest BCUT2D eigenvalue weighted by molar-refractivity contribution is -0.123. The Balaban J connectivity index is 1.63. The van der Waals surface area contributed by atoms with E-state index in [0.29, 0.717) is 11.6 Å². The van der Waals surface area contributed by atoms with E-state index in [0.717, 1.165) is 37.0 Å². The molecule has 0 radical (unpaired) electrons. The molecule has 1 atom stereocenters. The third-order valence-corrected chi connectivity index (χ3v) is 4.18. The highest BCUT2D eigenvalue weighted by Crippen LogP contribution is 2.23. The summed E-state index contributed by atoms with van der Waals surface area (Å²) < 4.78 is 31.6. The number of aryl methyl sites for hydroxylation is 2. The van der Waals surface area contributed by atoms with Crippen molar-refractivity contribution in [2.75, 3.05) is 5.32 Å². The summed E-state index contributed by atoms with van der Waals surface area (Å²) in [5.41, 5.74) is 2.56. The fourth-order valence-corrected chi connectivity index (χ4v) is 2.81. The Hall–Kier alpha value is -2.76. The molecule has 0 saturated carbocycles. The van der Waals surface area contributed by atoms with Gasteiger partial charge in [-0.05, 0) is 61.6 Å². The Morgan fingerprint density at radius 1 is 1.08 bits per heavy atom. The van der Waals surface area contributed by atoms with E-state index in [1.807, 2.05) is 6.07 Å². The maximum absolute atomic E-state index is 13.6. The summed E-state index contributed by atoms with van der Waals surface area (Å²) in [5, 5.41) is 2.28. The molecule has 1 unspecified atom stereocenters. The fraction of sp³-hybridized carbons (Fsp3) is 0.263. The molecule has 130 valence electrons. The molecule has 3 rings (SSSR count). The number of carbonyl (C=O) groups excluding carboxylic acids is 2. The molecular weight excluding hydrogens is 328 g/mol. The predicted molar refractivity (Wildman–Crippen MR) is 88.3 cm³/mol. The number of benzene rings is 2. The maximum Gasteiger partial charge on any atom is 0.338 e. The number of fused-ring (bicyclic) bond motifs is 1. The zero-order valence-electron chi connectivity index (χ0n) is 13.6. The van der Waals surface area contributed by atoms with Crippen molar-refractivity contribution in [2.24, 2.45) is 0 Å². The van der Waals surface area contributed by atoms with Crippen LogP contribution in [-0.2, 0) is 22.4 Å². The highest BCUT2D eigenvalue weighted by atomic mass is 19.1. The first-order valence-corrected chi connectivity index (χ1v) is 8.03. The zero-order chi connectivity index (χ0) is 18.0. The van der Waals surface area contributed by atoms with Crippen LogP contribution in [0.4, 0.5) is 14.5 Å². The van der Waals surface area contributed by atoms with Gasteiger partial charge in [-0.2, -0.15) is 0 Å². The minimum Gasteiger partial charge on any atom is -0.449 e. The molecule has 2 aromatic rings. The highest BCUT2D eigenvalue weighted by molar-refractivity contribution is 5.97. The van der Waals surface area contributed by atoms with Crippen LogP contribution in [0.1, 0.15) is 34.8 Å². The summed E-state index contributed by atoms with van der Waals surface area (Å²) in [7, 11) is 0. The number of rotatable bonds is 4. The Kier molecular flexibility index (Phi) is 4.79. The van der Waals surface area contributed by atoms with Gasteiger partial charge in [0.1, 0.15) is 11.6 Å². The third kappa shape index (κ3) is 3.84. The monoisotopic (exact) mass is 345 g/mol. The lowest BCUT2D eigenvalue weighted by Gasteiger charge is -2.14. The van der Waals surface area contributed by atoms with Gasteiger partial charge in [0.05, 0.1) is 11.3 Å². The predicted octanol–water partition coefficient (Wildman–Crippen LogP) is 3.64. The van der Waals surface area contributed by atoms with Gasteiger partial charge in [0.2, 0.25) is 0 Å². The molecule has 6 heteroatoms. The van der Waals surface area contributed by atoms with Gasteiger partial charge in [0, 0.05) is 6.07 Å². The van der Waals surface area contributed by atoms with E-state index in [4.69, 9.17) is 4.74 Å². The Morgan fingerprint density at radius 3 is 2.60 bits per heavy atom. The summed E-state index contributed by atoms with van der Waals surface area (Å²) in [6.07, 6.45) is 1.88. The van der Waals surface area contributed by atoms with Crippen LogP contribution >= 0.6 is 0 Å². The quantitative estimate of drug-likeness (QED) is 0.861. The molecule has 1 N–H and O–H groups in total. The van der Waals surface area contributed by atoms with E-state index in [2.05, 4.69) is 5.32 Å². The number of anilines is 1. The first-order chi connectivity index (χ1) is 11.9. The van der Waals surface area contributed by atoms with E-state index in [9.17, 15) is 18.4 Å². The molecule has 1 aliphatic rings. The molecule has 4 nitrogen and oxygen atoms in total. The summed E-state index contributed by atoms with van der Waals surface area (Å²) in [4.78, 5) is 24.3. The van der Waals surface area contributed by atoms with E-state index in [1.165, 1.54) is 12.5 Å². The average molecular weight is 345 g/mol. The minimum atomic E-state index is -1.12. The average Bonchev–Trinajstić information content (AvgIpc) is 3.04. The van der Waals surface area contributed by atoms with Crippen molar-refractivity contribution in [2.45, 2.75) is 32.3 Å². The first kappa shape index (κ1) is 17.1. The summed E-state index contributed by atoms with van der Waals surface area (Å²) in [6, 6.07) is 8.16. The van der Waals surface area contributed by atoms with Gasteiger partial charge in [-0.3, -0.25) is 4.79 Å². The van der Waals surface area contributed by atoms with Crippen LogP contribution in [0.25, 0.3) is 0 Å². The minimum absolute atomic E-state index is 0.174. The van der Waals surface area contributed by atoms with Crippen molar-refractivity contribution in [3.05, 3.63) is 64.7 Å². The zero-order valence-corrected chi connectivity index (χ0v) is 13.6. The molecule has 2 aromatic carbocycles. The lowest BCUT2D eigenvalue weighted by Crippen LogP contribution is -2.30. The van der Waals surface area contributed by atoms with Crippen LogP contribution in [0, 0.1) is 11.6 Å². The SMILES string of the molecule is CC(OC(=O)c1ccc2c(c1)CCC2)C(=O)Nc1ccc(F)cc1F. The fourth-order valence-electron chi connectivity index (χ4n) is 2.81. The molecule has 0 aromatic heterocycles. The van der Waals surface area contributed by atoms with Crippen LogP contribution in [0.3, 0.4) is 0 Å². The second-order valence-electron chi connectivity index (χ2n) is 6.00. The Bertz CT molecular complexity index is 835. The number of halogens is 2. The Morgan fingerprint density at radius 2 is 1.84 bits per heavy atom. The largest absolute Gasteiger partial charge is 0.449 e. The number of nitrogens with one attached hydrogen (secondary N) is 1. The van der Waals surface area contributed by atoms with E-state index < -0.39 is 29.6 Å². The van der Waals surface area contributed by atoms with Crippen LogP contribution in [0.2, 0.25) is 0 Å². The normalized spacial score (nSPS) is 13.9. The molecule has 1 amide bonds. The van der Waals surface area contributed by atoms with E-state index in [1.54, 1.807) is 12.1 Å². The summed E-state index contributed by atoms with van der Waals surface area (Å²) in [5.74, 6) is -2.95. The van der Waals surface area contributed by atoms with Crippen molar-refractivity contribution in [1.82, 2.24) is 0 Å². The molecule has 0 bridgehead atoms. The smallest absolute Gasteiger partial charge is 0.338 e. The van der Waals surface area contributed by atoms with Crippen molar-refractivity contribution in [3.8, 4) is 0 Å². The number of esters is 1. The van der Waals surface area contributed by atoms with Gasteiger partial charge in [-0.25, -0.2) is 13.6 Å². The van der Waals surface area contributed by atoms with Crippen molar-refractivity contribution in [3.63, 3.8) is 0 Å². The second kappa shape index (κ2) is 7.01. The third-order valence-electron chi connectivity index (χ3n) is 4.18.